The maximum absolute atomic E-state index is 13.9. The quantitative estimate of drug-likeness (QED) is 0.665. The van der Waals surface area contributed by atoms with Gasteiger partial charge in [0.25, 0.3) is 11.7 Å². The van der Waals surface area contributed by atoms with Crippen molar-refractivity contribution >= 4 is 23.1 Å². The van der Waals surface area contributed by atoms with Crippen molar-refractivity contribution in [3.8, 4) is 0 Å². The molecule has 0 unspecified atom stereocenters. The third-order valence-electron chi connectivity index (χ3n) is 2.62. The summed E-state index contributed by atoms with van der Waals surface area (Å²) in [6.45, 7) is -0.738. The Labute approximate surface area is 109 Å². The first kappa shape index (κ1) is 14.2. The van der Waals surface area contributed by atoms with E-state index >= 15 is 0 Å². The predicted molar refractivity (Wildman–Crippen MR) is 58.5 cm³/mol. The third kappa shape index (κ3) is 2.56. The number of fused-ring (bicyclic) bond motifs is 1. The molecule has 1 aromatic carbocycles. The fourth-order valence-corrected chi connectivity index (χ4v) is 1.70. The molecule has 2 rings (SSSR count). The Balaban J connectivity index is 2.26. The van der Waals surface area contributed by atoms with E-state index in [0.29, 0.717) is 6.07 Å². The molecular formula is C11H7F5N2O2. The number of ketones is 1. The fraction of sp³-hybridized carbons (Fsp3) is 0.273. The number of benzene rings is 1. The number of rotatable bonds is 3. The summed E-state index contributed by atoms with van der Waals surface area (Å²) in [5.41, 5.74) is -1.83. The maximum Gasteiger partial charge on any atom is 0.390 e. The van der Waals surface area contributed by atoms with Gasteiger partial charge in [0.2, 0.25) is 0 Å². The van der Waals surface area contributed by atoms with Gasteiger partial charge in [-0.2, -0.15) is 13.2 Å². The molecule has 108 valence electrons. The second-order valence-corrected chi connectivity index (χ2v) is 4.05. The van der Waals surface area contributed by atoms with Gasteiger partial charge in [0.15, 0.2) is 5.82 Å². The highest BCUT2D eigenvalue weighted by Gasteiger charge is 2.34. The highest BCUT2D eigenvalue weighted by atomic mass is 19.4. The van der Waals surface area contributed by atoms with Gasteiger partial charge < -0.3 is 10.6 Å². The molecule has 4 nitrogen and oxygen atoms in total. The van der Waals surface area contributed by atoms with Gasteiger partial charge in [-0.1, -0.05) is 0 Å². The maximum atomic E-state index is 13.9. The van der Waals surface area contributed by atoms with Crippen LogP contribution in [0.25, 0.3) is 0 Å². The minimum Gasteiger partial charge on any atom is -0.380 e. The van der Waals surface area contributed by atoms with Crippen LogP contribution in [-0.4, -0.2) is 24.4 Å². The number of alkyl halides is 3. The predicted octanol–water partition coefficient (Wildman–Crippen LogP) is 2.46. The highest BCUT2D eigenvalue weighted by Crippen LogP contribution is 2.33. The van der Waals surface area contributed by atoms with E-state index in [-0.39, 0.29) is 0 Å². The van der Waals surface area contributed by atoms with Crippen LogP contribution in [0.15, 0.2) is 6.07 Å². The number of nitrogens with one attached hydrogen (secondary N) is 2. The Kier molecular flexibility index (Phi) is 3.36. The molecular weight excluding hydrogens is 287 g/mol. The summed E-state index contributed by atoms with van der Waals surface area (Å²) in [4.78, 5) is 22.3. The van der Waals surface area contributed by atoms with E-state index in [2.05, 4.69) is 0 Å². The average Bonchev–Trinajstić information content (AvgIpc) is 2.60. The molecule has 0 bridgehead atoms. The Hall–Kier alpha value is -2.19. The van der Waals surface area contributed by atoms with Crippen molar-refractivity contribution < 1.29 is 31.5 Å². The molecule has 0 saturated carbocycles. The van der Waals surface area contributed by atoms with E-state index in [1.54, 1.807) is 0 Å². The van der Waals surface area contributed by atoms with Gasteiger partial charge in [0.1, 0.15) is 11.5 Å². The molecule has 0 fully saturated rings. The molecule has 1 aromatic rings. The zero-order chi connectivity index (χ0) is 15.1. The van der Waals surface area contributed by atoms with Gasteiger partial charge in [-0.15, -0.1) is 0 Å². The zero-order valence-electron chi connectivity index (χ0n) is 9.70. The van der Waals surface area contributed by atoms with E-state index in [4.69, 9.17) is 0 Å². The lowest BCUT2D eigenvalue weighted by atomic mass is 10.1. The van der Waals surface area contributed by atoms with Crippen molar-refractivity contribution in [1.29, 1.82) is 0 Å². The SMILES string of the molecule is O=C1Nc2c(cc(F)c(NCCC(F)(F)F)c2F)C1=O. The molecule has 1 heterocycles. The summed E-state index contributed by atoms with van der Waals surface area (Å²) in [5, 5.41) is 3.86. The van der Waals surface area contributed by atoms with Gasteiger partial charge >= 0.3 is 6.18 Å². The summed E-state index contributed by atoms with van der Waals surface area (Å²) in [6, 6.07) is 0.606. The van der Waals surface area contributed by atoms with Crippen molar-refractivity contribution in [2.24, 2.45) is 0 Å². The first-order valence-electron chi connectivity index (χ1n) is 5.39. The minimum atomic E-state index is -4.47. The van der Waals surface area contributed by atoms with E-state index in [1.807, 2.05) is 10.6 Å². The fourth-order valence-electron chi connectivity index (χ4n) is 1.70. The first-order chi connectivity index (χ1) is 9.20. The second-order valence-electron chi connectivity index (χ2n) is 4.05. The largest absolute Gasteiger partial charge is 0.390 e. The van der Waals surface area contributed by atoms with Crippen molar-refractivity contribution in [1.82, 2.24) is 0 Å². The van der Waals surface area contributed by atoms with Crippen LogP contribution < -0.4 is 10.6 Å². The Morgan fingerprint density at radius 2 is 1.85 bits per heavy atom. The normalized spacial score (nSPS) is 14.2. The topological polar surface area (TPSA) is 58.2 Å². The molecule has 0 saturated heterocycles. The van der Waals surface area contributed by atoms with E-state index in [1.165, 1.54) is 0 Å². The molecule has 2 N–H and O–H groups in total. The van der Waals surface area contributed by atoms with E-state index in [0.717, 1.165) is 0 Å². The number of hydrogen-bond acceptors (Lipinski definition) is 3. The summed E-state index contributed by atoms with van der Waals surface area (Å²) < 4.78 is 63.3. The van der Waals surface area contributed by atoms with Crippen LogP contribution in [0.3, 0.4) is 0 Å². The lowest BCUT2D eigenvalue weighted by Crippen LogP contribution is -2.16. The molecule has 0 aromatic heterocycles. The third-order valence-corrected chi connectivity index (χ3v) is 2.62. The van der Waals surface area contributed by atoms with Crippen LogP contribution in [0.5, 0.6) is 0 Å². The van der Waals surface area contributed by atoms with Gasteiger partial charge in [-0.05, 0) is 6.07 Å². The number of halogens is 5. The Morgan fingerprint density at radius 1 is 1.20 bits per heavy atom. The standard InChI is InChI=1S/C11H7F5N2O2/c12-5-3-4-7(18-10(20)9(4)19)6(13)8(5)17-2-1-11(14,15)16/h3,17H,1-2H2,(H,18,19,20). The zero-order valence-corrected chi connectivity index (χ0v) is 9.70. The van der Waals surface area contributed by atoms with Crippen LogP contribution in [0.1, 0.15) is 16.8 Å². The summed E-state index contributed by atoms with van der Waals surface area (Å²) in [7, 11) is 0. The molecule has 1 aliphatic heterocycles. The molecule has 9 heteroatoms. The number of Topliss-reactive ketones (excluding diaryl/α,β-unsaturated/α-hetero) is 1. The van der Waals surface area contributed by atoms with Crippen LogP contribution in [0.4, 0.5) is 33.3 Å². The number of anilines is 2. The molecule has 0 radical (unpaired) electrons. The van der Waals surface area contributed by atoms with E-state index in [9.17, 15) is 31.5 Å². The molecule has 0 spiro atoms. The number of hydrogen-bond donors (Lipinski definition) is 2. The molecule has 1 amide bonds. The Bertz CT molecular complexity index is 597. The molecule has 0 atom stereocenters. The number of carbonyl (C=O) groups is 2. The lowest BCUT2D eigenvalue weighted by molar-refractivity contribution is -0.131. The summed E-state index contributed by atoms with van der Waals surface area (Å²) in [5.74, 6) is -4.76. The minimum absolute atomic E-state index is 0.480. The van der Waals surface area contributed by atoms with Gasteiger partial charge in [-0.3, -0.25) is 9.59 Å². The molecule has 1 aliphatic rings. The Morgan fingerprint density at radius 3 is 2.45 bits per heavy atom. The molecule has 0 aliphatic carbocycles. The second kappa shape index (κ2) is 4.73. The van der Waals surface area contributed by atoms with Gasteiger partial charge in [0, 0.05) is 6.54 Å². The van der Waals surface area contributed by atoms with Crippen LogP contribution in [0.2, 0.25) is 0 Å². The van der Waals surface area contributed by atoms with Crippen molar-refractivity contribution in [2.75, 3.05) is 17.2 Å². The van der Waals surface area contributed by atoms with Crippen LogP contribution in [0, 0.1) is 11.6 Å². The number of amides is 1. The van der Waals surface area contributed by atoms with Crippen LogP contribution >= 0.6 is 0 Å². The molecule has 20 heavy (non-hydrogen) atoms. The lowest BCUT2D eigenvalue weighted by Gasteiger charge is -2.12. The highest BCUT2D eigenvalue weighted by molar-refractivity contribution is 6.51. The summed E-state index contributed by atoms with van der Waals surface area (Å²) >= 11 is 0. The summed E-state index contributed by atoms with van der Waals surface area (Å²) in [6.07, 6.45) is -5.75. The first-order valence-corrected chi connectivity index (χ1v) is 5.39. The van der Waals surface area contributed by atoms with Crippen molar-refractivity contribution in [3.63, 3.8) is 0 Å². The smallest absolute Gasteiger partial charge is 0.380 e. The average molecular weight is 294 g/mol. The number of carbonyl (C=O) groups excluding carboxylic acids is 2. The van der Waals surface area contributed by atoms with Crippen molar-refractivity contribution in [2.45, 2.75) is 12.6 Å². The van der Waals surface area contributed by atoms with Gasteiger partial charge in [-0.25, -0.2) is 8.78 Å². The van der Waals surface area contributed by atoms with E-state index < -0.39 is 59.4 Å². The van der Waals surface area contributed by atoms with Gasteiger partial charge in [0.05, 0.1) is 17.7 Å². The van der Waals surface area contributed by atoms with Crippen molar-refractivity contribution in [3.05, 3.63) is 23.3 Å². The van der Waals surface area contributed by atoms with Crippen LogP contribution in [-0.2, 0) is 4.79 Å². The monoisotopic (exact) mass is 294 g/mol.